The number of methoxy groups -OCH3 is 1. The largest absolute Gasteiger partial charge is 0.497 e. The summed E-state index contributed by atoms with van der Waals surface area (Å²) < 4.78 is 5.15. The van der Waals surface area contributed by atoms with Crippen molar-refractivity contribution >= 4 is 11.6 Å². The van der Waals surface area contributed by atoms with Gasteiger partial charge in [-0.3, -0.25) is 9.78 Å². The highest BCUT2D eigenvalue weighted by molar-refractivity contribution is 5.93. The molecule has 1 heterocycles. The second-order valence-corrected chi connectivity index (χ2v) is 5.74. The molecule has 24 heavy (non-hydrogen) atoms. The highest BCUT2D eigenvalue weighted by atomic mass is 16.5. The van der Waals surface area contributed by atoms with Gasteiger partial charge in [0.05, 0.1) is 7.11 Å². The molecule has 0 saturated carbocycles. The van der Waals surface area contributed by atoms with Crippen molar-refractivity contribution in [1.82, 2.24) is 10.3 Å². The molecule has 1 unspecified atom stereocenters. The number of nitrogens with one attached hydrogen (secondary N) is 2. The van der Waals surface area contributed by atoms with Crippen LogP contribution in [0, 0.1) is 0 Å². The molecule has 0 aliphatic heterocycles. The van der Waals surface area contributed by atoms with Gasteiger partial charge in [0.25, 0.3) is 5.91 Å². The van der Waals surface area contributed by atoms with E-state index in [-0.39, 0.29) is 11.9 Å². The normalized spacial score (nSPS) is 11.6. The minimum Gasteiger partial charge on any atom is -0.497 e. The van der Waals surface area contributed by atoms with Crippen LogP contribution in [0.4, 0.5) is 5.69 Å². The van der Waals surface area contributed by atoms with Gasteiger partial charge in [-0.15, -0.1) is 0 Å². The van der Waals surface area contributed by atoms with Crippen LogP contribution in [0.2, 0.25) is 0 Å². The fourth-order valence-electron chi connectivity index (χ4n) is 2.21. The van der Waals surface area contributed by atoms with Gasteiger partial charge in [-0.1, -0.05) is 19.1 Å². The lowest BCUT2D eigenvalue weighted by molar-refractivity contribution is 0.0934. The van der Waals surface area contributed by atoms with E-state index in [1.807, 2.05) is 32.0 Å². The van der Waals surface area contributed by atoms with Crippen LogP contribution in [0.15, 0.2) is 42.6 Å². The molecule has 2 rings (SSSR count). The Kier molecular flexibility index (Phi) is 6.61. The van der Waals surface area contributed by atoms with Crippen LogP contribution >= 0.6 is 0 Å². The van der Waals surface area contributed by atoms with E-state index >= 15 is 0 Å². The maximum absolute atomic E-state index is 12.1. The van der Waals surface area contributed by atoms with Crippen molar-refractivity contribution in [2.75, 3.05) is 19.0 Å². The molecule has 0 radical (unpaired) electrons. The zero-order chi connectivity index (χ0) is 17.4. The van der Waals surface area contributed by atoms with Gasteiger partial charge in [0.2, 0.25) is 0 Å². The van der Waals surface area contributed by atoms with Crippen molar-refractivity contribution in [2.45, 2.75) is 32.7 Å². The zero-order valence-electron chi connectivity index (χ0n) is 14.5. The Morgan fingerprint density at radius 3 is 2.67 bits per heavy atom. The van der Waals surface area contributed by atoms with Crippen LogP contribution in [-0.4, -0.2) is 30.6 Å². The molecule has 1 aromatic carbocycles. The fourth-order valence-corrected chi connectivity index (χ4v) is 2.21. The lowest BCUT2D eigenvalue weighted by atomic mass is 10.1. The minimum absolute atomic E-state index is 0.136. The number of aromatic nitrogens is 1. The van der Waals surface area contributed by atoms with Crippen molar-refractivity contribution in [3.63, 3.8) is 0 Å². The van der Waals surface area contributed by atoms with Gasteiger partial charge in [0.15, 0.2) is 0 Å². The molecule has 0 aliphatic rings. The molecule has 1 amide bonds. The molecule has 128 valence electrons. The smallest absolute Gasteiger partial charge is 0.270 e. The van der Waals surface area contributed by atoms with Gasteiger partial charge in [-0.05, 0) is 49.6 Å². The summed E-state index contributed by atoms with van der Waals surface area (Å²) in [4.78, 5) is 16.3. The Balaban J connectivity index is 1.88. The Morgan fingerprint density at radius 2 is 2.00 bits per heavy atom. The van der Waals surface area contributed by atoms with Crippen molar-refractivity contribution in [2.24, 2.45) is 0 Å². The van der Waals surface area contributed by atoms with E-state index in [1.165, 1.54) is 5.56 Å². The molecule has 0 fully saturated rings. The van der Waals surface area contributed by atoms with Crippen molar-refractivity contribution < 1.29 is 9.53 Å². The molecule has 5 nitrogen and oxygen atoms in total. The summed E-state index contributed by atoms with van der Waals surface area (Å²) in [7, 11) is 1.66. The maximum Gasteiger partial charge on any atom is 0.270 e. The lowest BCUT2D eigenvalue weighted by Gasteiger charge is -2.12. The van der Waals surface area contributed by atoms with Crippen LogP contribution in [0.25, 0.3) is 0 Å². The average molecular weight is 327 g/mol. The van der Waals surface area contributed by atoms with Gasteiger partial charge in [0.1, 0.15) is 11.4 Å². The third-order valence-corrected chi connectivity index (χ3v) is 3.88. The number of carbonyl (C=O) groups is 1. The van der Waals surface area contributed by atoms with E-state index in [1.54, 1.807) is 19.4 Å². The summed E-state index contributed by atoms with van der Waals surface area (Å²) in [6.07, 6.45) is 3.44. The molecule has 1 atom stereocenters. The van der Waals surface area contributed by atoms with E-state index in [4.69, 9.17) is 4.74 Å². The highest BCUT2D eigenvalue weighted by Gasteiger charge is 2.10. The topological polar surface area (TPSA) is 63.2 Å². The first-order valence-electron chi connectivity index (χ1n) is 8.26. The molecular weight excluding hydrogens is 302 g/mol. The molecule has 0 aliphatic carbocycles. The summed E-state index contributed by atoms with van der Waals surface area (Å²) in [6.45, 7) is 4.80. The summed E-state index contributed by atoms with van der Waals surface area (Å²) >= 11 is 0. The Bertz CT molecular complexity index is 656. The van der Waals surface area contributed by atoms with E-state index in [9.17, 15) is 4.79 Å². The average Bonchev–Trinajstić information content (AvgIpc) is 2.62. The second kappa shape index (κ2) is 8.91. The first kappa shape index (κ1) is 17.8. The summed E-state index contributed by atoms with van der Waals surface area (Å²) in [5, 5.41) is 6.26. The molecule has 0 spiro atoms. The Morgan fingerprint density at radius 1 is 1.25 bits per heavy atom. The third-order valence-electron chi connectivity index (χ3n) is 3.88. The van der Waals surface area contributed by atoms with Crippen LogP contribution < -0.4 is 15.4 Å². The molecule has 5 heteroatoms. The van der Waals surface area contributed by atoms with Gasteiger partial charge in [-0.2, -0.15) is 0 Å². The van der Waals surface area contributed by atoms with Crippen LogP contribution in [0.1, 0.15) is 36.3 Å². The van der Waals surface area contributed by atoms with Gasteiger partial charge < -0.3 is 15.4 Å². The number of amides is 1. The lowest BCUT2D eigenvalue weighted by Crippen LogP contribution is -2.32. The number of benzene rings is 1. The molecule has 1 aromatic heterocycles. The molecule has 0 saturated heterocycles. The van der Waals surface area contributed by atoms with Crippen molar-refractivity contribution in [3.8, 4) is 5.75 Å². The Labute approximate surface area is 143 Å². The quantitative estimate of drug-likeness (QED) is 0.781. The number of nitrogens with zero attached hydrogens (tertiary/aromatic N) is 1. The first-order chi connectivity index (χ1) is 11.6. The predicted molar refractivity (Wildman–Crippen MR) is 96.6 cm³/mol. The highest BCUT2D eigenvalue weighted by Crippen LogP contribution is 2.13. The predicted octanol–water partition coefficient (Wildman–Crippen LogP) is 3.27. The third kappa shape index (κ3) is 5.26. The zero-order valence-corrected chi connectivity index (χ0v) is 14.5. The van der Waals surface area contributed by atoms with E-state index in [2.05, 4.69) is 27.8 Å². The van der Waals surface area contributed by atoms with Gasteiger partial charge >= 0.3 is 0 Å². The minimum atomic E-state index is -0.136. The molecule has 0 bridgehead atoms. The van der Waals surface area contributed by atoms with Gasteiger partial charge in [0, 0.05) is 24.5 Å². The number of hydrogen-bond acceptors (Lipinski definition) is 4. The second-order valence-electron chi connectivity index (χ2n) is 5.74. The number of ether oxygens (including phenoxy) is 1. The van der Waals surface area contributed by atoms with Crippen LogP contribution in [-0.2, 0) is 6.42 Å². The maximum atomic E-state index is 12.1. The SMILES string of the molecule is CCC(C)NC(=O)c1cc(NCCc2ccc(OC)cc2)ccn1. The fraction of sp³-hybridized carbons (Fsp3) is 0.368. The van der Waals surface area contributed by atoms with Crippen LogP contribution in [0.5, 0.6) is 5.75 Å². The monoisotopic (exact) mass is 327 g/mol. The molecule has 2 N–H and O–H groups in total. The van der Waals surface area contributed by atoms with E-state index < -0.39 is 0 Å². The van der Waals surface area contributed by atoms with E-state index in [0.29, 0.717) is 5.69 Å². The number of pyridine rings is 1. The summed E-state index contributed by atoms with van der Waals surface area (Å²) in [5.74, 6) is 0.723. The van der Waals surface area contributed by atoms with E-state index in [0.717, 1.165) is 30.8 Å². The van der Waals surface area contributed by atoms with Gasteiger partial charge in [-0.25, -0.2) is 0 Å². The van der Waals surface area contributed by atoms with Crippen molar-refractivity contribution in [1.29, 1.82) is 0 Å². The van der Waals surface area contributed by atoms with Crippen LogP contribution in [0.3, 0.4) is 0 Å². The number of hydrogen-bond donors (Lipinski definition) is 2. The summed E-state index contributed by atoms with van der Waals surface area (Å²) in [6, 6.07) is 11.8. The number of carbonyl (C=O) groups excluding carboxylic acids is 1. The summed E-state index contributed by atoms with van der Waals surface area (Å²) in [5.41, 5.74) is 2.56. The first-order valence-corrected chi connectivity index (χ1v) is 8.26. The Hall–Kier alpha value is -2.56. The standard InChI is InChI=1S/C19H25N3O2/c1-4-14(2)22-19(23)18-13-16(10-12-21-18)20-11-9-15-5-7-17(24-3)8-6-15/h5-8,10,12-14H,4,9,11H2,1-3H3,(H,20,21)(H,22,23). The number of rotatable bonds is 8. The molecular formula is C19H25N3O2. The molecule has 2 aromatic rings. The van der Waals surface area contributed by atoms with Crippen molar-refractivity contribution in [3.05, 3.63) is 53.9 Å². The number of anilines is 1.